The van der Waals surface area contributed by atoms with E-state index >= 15 is 0 Å². The molecule has 1 heterocycles. The van der Waals surface area contributed by atoms with E-state index in [9.17, 15) is 13.2 Å². The third kappa shape index (κ3) is 5.89. The van der Waals surface area contributed by atoms with Crippen molar-refractivity contribution in [2.45, 2.75) is 19.8 Å². The minimum Gasteiger partial charge on any atom is -0.355 e. The Kier molecular flexibility index (Phi) is 7.20. The minimum absolute atomic E-state index is 0.0250. The molecule has 24 heavy (non-hydrogen) atoms. The first kappa shape index (κ1) is 18.9. The zero-order valence-corrected chi connectivity index (χ0v) is 15.1. The highest BCUT2D eigenvalue weighted by Gasteiger charge is 2.26. The van der Waals surface area contributed by atoms with Crippen molar-refractivity contribution in [3.63, 3.8) is 0 Å². The first-order valence-electron chi connectivity index (χ1n) is 8.52. The zero-order valence-electron chi connectivity index (χ0n) is 14.3. The minimum atomic E-state index is -3.29. The fraction of sp³-hybridized carbons (Fsp3) is 0.588. The van der Waals surface area contributed by atoms with Gasteiger partial charge in [0.25, 0.3) is 0 Å². The molecule has 1 saturated heterocycles. The van der Waals surface area contributed by atoms with Gasteiger partial charge in [0.05, 0.1) is 5.75 Å². The molecule has 1 aromatic carbocycles. The van der Waals surface area contributed by atoms with Crippen LogP contribution in [0.2, 0.25) is 0 Å². The highest BCUT2D eigenvalue weighted by molar-refractivity contribution is 7.89. The van der Waals surface area contributed by atoms with Crippen LogP contribution in [-0.4, -0.2) is 68.6 Å². The number of hydrogen-bond acceptors (Lipinski definition) is 4. The van der Waals surface area contributed by atoms with Gasteiger partial charge in [-0.2, -0.15) is 4.31 Å². The van der Waals surface area contributed by atoms with Crippen LogP contribution in [0, 0.1) is 0 Å². The highest BCUT2D eigenvalue weighted by atomic mass is 32.2. The van der Waals surface area contributed by atoms with E-state index in [0.29, 0.717) is 19.5 Å². The maximum atomic E-state index is 12.3. The molecule has 0 aromatic heterocycles. The molecule has 0 radical (unpaired) electrons. The monoisotopic (exact) mass is 353 g/mol. The van der Waals surface area contributed by atoms with Gasteiger partial charge in [-0.3, -0.25) is 4.79 Å². The Morgan fingerprint density at radius 2 is 1.79 bits per heavy atom. The summed E-state index contributed by atoms with van der Waals surface area (Å²) in [6, 6.07) is 10.3. The summed E-state index contributed by atoms with van der Waals surface area (Å²) in [5, 5.41) is 2.62. The molecule has 0 bridgehead atoms. The summed E-state index contributed by atoms with van der Waals surface area (Å²) in [4.78, 5) is 13.5. The molecule has 1 N–H and O–H groups in total. The Morgan fingerprint density at radius 1 is 1.12 bits per heavy atom. The van der Waals surface area contributed by atoms with Crippen LogP contribution in [0.15, 0.2) is 30.3 Å². The molecule has 0 saturated carbocycles. The smallest absolute Gasteiger partial charge is 0.219 e. The average Bonchev–Trinajstić information content (AvgIpc) is 2.61. The fourth-order valence-corrected chi connectivity index (χ4v) is 4.07. The fourth-order valence-electron chi connectivity index (χ4n) is 2.74. The number of nitrogens with one attached hydrogen (secondary N) is 1. The van der Waals surface area contributed by atoms with Gasteiger partial charge < -0.3 is 10.2 Å². The van der Waals surface area contributed by atoms with E-state index in [1.54, 1.807) is 11.2 Å². The molecular formula is C17H27N3O3S. The summed E-state index contributed by atoms with van der Waals surface area (Å²) in [7, 11) is -3.29. The second-order valence-electron chi connectivity index (χ2n) is 6.00. The predicted molar refractivity (Wildman–Crippen MR) is 95.2 cm³/mol. The molecule has 6 nitrogen and oxygen atoms in total. The first-order valence-corrected chi connectivity index (χ1v) is 10.1. The van der Waals surface area contributed by atoms with E-state index in [2.05, 4.69) is 22.3 Å². The molecule has 1 fully saturated rings. The van der Waals surface area contributed by atoms with E-state index in [-0.39, 0.29) is 18.2 Å². The van der Waals surface area contributed by atoms with E-state index in [1.807, 2.05) is 18.2 Å². The molecule has 134 valence electrons. The normalized spacial score (nSPS) is 16.9. The SMILES string of the molecule is CCC(=O)NCCS(=O)(=O)N1CCN(CCc2ccccc2)CC1. The number of carbonyl (C=O) groups excluding carboxylic acids is 1. The Balaban J connectivity index is 1.72. The van der Waals surface area contributed by atoms with Crippen molar-refractivity contribution in [2.24, 2.45) is 0 Å². The molecule has 1 amide bonds. The van der Waals surface area contributed by atoms with Gasteiger partial charge >= 0.3 is 0 Å². The van der Waals surface area contributed by atoms with Crippen LogP contribution in [0.1, 0.15) is 18.9 Å². The number of carbonyl (C=O) groups is 1. The summed E-state index contributed by atoms with van der Waals surface area (Å²) in [6.45, 7) is 5.45. The summed E-state index contributed by atoms with van der Waals surface area (Å²) in [6.07, 6.45) is 1.36. The Bertz CT molecular complexity index is 611. The third-order valence-electron chi connectivity index (χ3n) is 4.29. The van der Waals surface area contributed by atoms with Gasteiger partial charge in [0.2, 0.25) is 15.9 Å². The molecule has 1 aliphatic heterocycles. The van der Waals surface area contributed by atoms with Gasteiger partial charge in [-0.1, -0.05) is 37.3 Å². The molecule has 7 heteroatoms. The van der Waals surface area contributed by atoms with Gasteiger partial charge in [-0.15, -0.1) is 0 Å². The predicted octanol–water partition coefficient (Wildman–Crippen LogP) is 0.703. The Labute approximate surface area is 144 Å². The van der Waals surface area contributed by atoms with E-state index in [0.717, 1.165) is 26.1 Å². The largest absolute Gasteiger partial charge is 0.355 e. The second-order valence-corrected chi connectivity index (χ2v) is 8.08. The number of amides is 1. The van der Waals surface area contributed by atoms with Crippen molar-refractivity contribution in [3.05, 3.63) is 35.9 Å². The number of piperazine rings is 1. The van der Waals surface area contributed by atoms with Gasteiger partial charge in [-0.25, -0.2) is 8.42 Å². The summed E-state index contributed by atoms with van der Waals surface area (Å²) >= 11 is 0. The molecule has 0 spiro atoms. The standard InChI is InChI=1S/C17H27N3O3S/c1-2-17(21)18-9-15-24(22,23)20-13-11-19(12-14-20)10-8-16-6-4-3-5-7-16/h3-7H,2,8-15H2,1H3,(H,18,21). The van der Waals surface area contributed by atoms with E-state index in [1.165, 1.54) is 5.56 Å². The van der Waals surface area contributed by atoms with Crippen molar-refractivity contribution in [2.75, 3.05) is 45.0 Å². The van der Waals surface area contributed by atoms with Crippen molar-refractivity contribution >= 4 is 15.9 Å². The van der Waals surface area contributed by atoms with Crippen molar-refractivity contribution in [1.29, 1.82) is 0 Å². The number of rotatable bonds is 8. The number of sulfonamides is 1. The second kappa shape index (κ2) is 9.15. The number of nitrogens with zero attached hydrogens (tertiary/aromatic N) is 2. The summed E-state index contributed by atoms with van der Waals surface area (Å²) in [5.74, 6) is -0.140. The lowest BCUT2D eigenvalue weighted by molar-refractivity contribution is -0.120. The van der Waals surface area contributed by atoms with Crippen LogP contribution in [0.25, 0.3) is 0 Å². The Hall–Kier alpha value is -1.44. The van der Waals surface area contributed by atoms with Gasteiger partial charge in [-0.05, 0) is 12.0 Å². The van der Waals surface area contributed by atoms with E-state index < -0.39 is 10.0 Å². The van der Waals surface area contributed by atoms with Gasteiger partial charge in [0, 0.05) is 45.7 Å². The van der Waals surface area contributed by atoms with Gasteiger partial charge in [0.15, 0.2) is 0 Å². The lowest BCUT2D eigenvalue weighted by Crippen LogP contribution is -2.50. The summed E-state index contributed by atoms with van der Waals surface area (Å²) < 4.78 is 26.1. The quantitative estimate of drug-likeness (QED) is 0.747. The van der Waals surface area contributed by atoms with Crippen LogP contribution < -0.4 is 5.32 Å². The van der Waals surface area contributed by atoms with Crippen LogP contribution in [0.5, 0.6) is 0 Å². The van der Waals surface area contributed by atoms with Crippen LogP contribution >= 0.6 is 0 Å². The maximum absolute atomic E-state index is 12.3. The van der Waals surface area contributed by atoms with E-state index in [4.69, 9.17) is 0 Å². The lowest BCUT2D eigenvalue weighted by Gasteiger charge is -2.34. The van der Waals surface area contributed by atoms with Crippen molar-refractivity contribution < 1.29 is 13.2 Å². The van der Waals surface area contributed by atoms with Crippen molar-refractivity contribution in [3.8, 4) is 0 Å². The molecule has 0 aliphatic carbocycles. The van der Waals surface area contributed by atoms with Crippen LogP contribution in [-0.2, 0) is 21.2 Å². The molecular weight excluding hydrogens is 326 g/mol. The molecule has 1 aliphatic rings. The lowest BCUT2D eigenvalue weighted by atomic mass is 10.1. The Morgan fingerprint density at radius 3 is 2.42 bits per heavy atom. The van der Waals surface area contributed by atoms with Crippen molar-refractivity contribution in [1.82, 2.24) is 14.5 Å². The molecule has 0 unspecified atom stereocenters. The van der Waals surface area contributed by atoms with Crippen LogP contribution in [0.4, 0.5) is 0 Å². The molecule has 2 rings (SSSR count). The summed E-state index contributed by atoms with van der Waals surface area (Å²) in [5.41, 5.74) is 1.30. The zero-order chi connectivity index (χ0) is 17.4. The number of benzene rings is 1. The topological polar surface area (TPSA) is 69.7 Å². The highest BCUT2D eigenvalue weighted by Crippen LogP contribution is 2.09. The van der Waals surface area contributed by atoms with Gasteiger partial charge in [0.1, 0.15) is 0 Å². The number of hydrogen-bond donors (Lipinski definition) is 1. The molecule has 0 atom stereocenters. The third-order valence-corrected chi connectivity index (χ3v) is 6.16. The maximum Gasteiger partial charge on any atom is 0.219 e. The van der Waals surface area contributed by atoms with Crippen LogP contribution in [0.3, 0.4) is 0 Å². The average molecular weight is 353 g/mol. The first-order chi connectivity index (χ1) is 11.5. The molecule has 1 aromatic rings.